The molecule has 29 heavy (non-hydrogen) atoms. The lowest BCUT2D eigenvalue weighted by Gasteiger charge is -2.19. The van der Waals surface area contributed by atoms with Gasteiger partial charge in [-0.15, -0.1) is 0 Å². The Kier molecular flexibility index (Phi) is 5.47. The molecule has 7 nitrogen and oxygen atoms in total. The molecule has 0 spiro atoms. The van der Waals surface area contributed by atoms with E-state index in [4.69, 9.17) is 0 Å². The number of benzene rings is 1. The van der Waals surface area contributed by atoms with Gasteiger partial charge in [0.05, 0.1) is 23.7 Å². The summed E-state index contributed by atoms with van der Waals surface area (Å²) in [6.07, 6.45) is 7.40. The highest BCUT2D eigenvalue weighted by Crippen LogP contribution is 2.38. The lowest BCUT2D eigenvalue weighted by atomic mass is 9.81. The summed E-state index contributed by atoms with van der Waals surface area (Å²) in [5, 5.41) is 4.35. The largest absolute Gasteiger partial charge is 0.341 e. The molecule has 2 atom stereocenters. The molecular formula is C22H26N4O3. The molecule has 0 radical (unpaired) electrons. The summed E-state index contributed by atoms with van der Waals surface area (Å²) in [7, 11) is 1.73. The van der Waals surface area contributed by atoms with E-state index in [9.17, 15) is 14.4 Å². The minimum absolute atomic E-state index is 0.0840. The van der Waals surface area contributed by atoms with Crippen molar-refractivity contribution in [3.63, 3.8) is 0 Å². The van der Waals surface area contributed by atoms with Crippen LogP contribution in [0.15, 0.2) is 42.7 Å². The summed E-state index contributed by atoms with van der Waals surface area (Å²) in [5.74, 6) is -0.577. The van der Waals surface area contributed by atoms with E-state index in [0.29, 0.717) is 6.54 Å². The lowest BCUT2D eigenvalue weighted by Crippen LogP contribution is -2.36. The van der Waals surface area contributed by atoms with Crippen molar-refractivity contribution < 1.29 is 14.4 Å². The maximum Gasteiger partial charge on any atom is 0.233 e. The summed E-state index contributed by atoms with van der Waals surface area (Å²) in [6, 6.07) is 9.78. The van der Waals surface area contributed by atoms with Crippen LogP contribution in [0.5, 0.6) is 0 Å². The Morgan fingerprint density at radius 2 is 1.76 bits per heavy atom. The summed E-state index contributed by atoms with van der Waals surface area (Å²) in [5.41, 5.74) is 1.88. The topological polar surface area (TPSA) is 75.5 Å². The van der Waals surface area contributed by atoms with Crippen LogP contribution < -0.4 is 0 Å². The van der Waals surface area contributed by atoms with Crippen molar-refractivity contribution in [2.45, 2.75) is 38.6 Å². The minimum atomic E-state index is -0.159. The first kappa shape index (κ1) is 19.4. The number of carbonyl (C=O) groups is 3. The zero-order valence-electron chi connectivity index (χ0n) is 16.7. The number of imide groups is 1. The van der Waals surface area contributed by atoms with E-state index >= 15 is 0 Å². The molecule has 2 fully saturated rings. The van der Waals surface area contributed by atoms with E-state index in [0.717, 1.165) is 36.9 Å². The number of rotatable bonds is 6. The first-order valence-corrected chi connectivity index (χ1v) is 10.2. The molecule has 1 saturated carbocycles. The quantitative estimate of drug-likeness (QED) is 0.705. The van der Waals surface area contributed by atoms with Gasteiger partial charge in [0, 0.05) is 38.3 Å². The van der Waals surface area contributed by atoms with Gasteiger partial charge in [0.2, 0.25) is 17.7 Å². The van der Waals surface area contributed by atoms with E-state index in [1.165, 1.54) is 4.90 Å². The Morgan fingerprint density at radius 1 is 1.10 bits per heavy atom. The average Bonchev–Trinajstić information content (AvgIpc) is 3.31. The van der Waals surface area contributed by atoms with Gasteiger partial charge in [-0.1, -0.05) is 31.0 Å². The highest BCUT2D eigenvalue weighted by Gasteiger charge is 2.47. The first-order valence-electron chi connectivity index (χ1n) is 10.2. The van der Waals surface area contributed by atoms with E-state index < -0.39 is 0 Å². The molecule has 0 unspecified atom stereocenters. The van der Waals surface area contributed by atoms with Crippen LogP contribution in [0.25, 0.3) is 5.69 Å². The molecule has 1 aromatic heterocycles. The highest BCUT2D eigenvalue weighted by molar-refractivity contribution is 6.05. The third-order valence-corrected chi connectivity index (χ3v) is 5.98. The number of fused-ring (bicyclic) bond motifs is 1. The lowest BCUT2D eigenvalue weighted by molar-refractivity contribution is -0.140. The molecule has 0 N–H and O–H groups in total. The van der Waals surface area contributed by atoms with Crippen LogP contribution >= 0.6 is 0 Å². The van der Waals surface area contributed by atoms with Crippen LogP contribution in [0, 0.1) is 11.8 Å². The van der Waals surface area contributed by atoms with Crippen LogP contribution in [0.3, 0.4) is 0 Å². The molecule has 1 aliphatic heterocycles. The van der Waals surface area contributed by atoms with E-state index in [1.54, 1.807) is 22.8 Å². The third-order valence-electron chi connectivity index (χ3n) is 5.98. The Hall–Kier alpha value is -2.96. The van der Waals surface area contributed by atoms with Crippen LogP contribution in [-0.2, 0) is 20.9 Å². The molecule has 7 heteroatoms. The molecule has 2 heterocycles. The SMILES string of the molecule is CN(Cc1cnn(-c2ccccc2)c1)C(=O)CCN1C(=O)[C@H]2CCCC[C@H]2C1=O. The Bertz CT molecular complexity index is 884. The number of para-hydroxylation sites is 1. The Balaban J connectivity index is 1.32. The van der Waals surface area contributed by atoms with Gasteiger partial charge in [0.25, 0.3) is 0 Å². The van der Waals surface area contributed by atoms with Gasteiger partial charge in [-0.25, -0.2) is 4.68 Å². The van der Waals surface area contributed by atoms with E-state index in [1.807, 2.05) is 36.5 Å². The second kappa shape index (κ2) is 8.19. The monoisotopic (exact) mass is 394 g/mol. The number of hydrogen-bond acceptors (Lipinski definition) is 4. The van der Waals surface area contributed by atoms with Crippen LogP contribution in [-0.4, -0.2) is 50.9 Å². The number of hydrogen-bond donors (Lipinski definition) is 0. The van der Waals surface area contributed by atoms with Crippen LogP contribution in [0.4, 0.5) is 0 Å². The Labute approximate surface area is 170 Å². The maximum absolute atomic E-state index is 12.6. The highest BCUT2D eigenvalue weighted by atomic mass is 16.2. The molecule has 152 valence electrons. The summed E-state index contributed by atoms with van der Waals surface area (Å²) < 4.78 is 1.77. The summed E-state index contributed by atoms with van der Waals surface area (Å²) >= 11 is 0. The minimum Gasteiger partial charge on any atom is -0.341 e. The van der Waals surface area contributed by atoms with Crippen molar-refractivity contribution in [3.8, 4) is 5.69 Å². The normalized spacial score (nSPS) is 21.3. The van der Waals surface area contributed by atoms with Crippen molar-refractivity contribution in [1.29, 1.82) is 0 Å². The number of nitrogens with zero attached hydrogens (tertiary/aromatic N) is 4. The molecular weight excluding hydrogens is 368 g/mol. The molecule has 1 aliphatic carbocycles. The van der Waals surface area contributed by atoms with Crippen molar-refractivity contribution in [2.75, 3.05) is 13.6 Å². The fraction of sp³-hybridized carbons (Fsp3) is 0.455. The standard InChI is InChI=1S/C22H26N4O3/c1-24(14-16-13-23-26(15-16)17-7-3-2-4-8-17)20(27)11-12-25-21(28)18-9-5-6-10-19(18)22(25)29/h2-4,7-8,13,15,18-19H,5-6,9-12,14H2,1H3/t18-,19+. The van der Waals surface area contributed by atoms with Gasteiger partial charge in [0.1, 0.15) is 0 Å². The Morgan fingerprint density at radius 3 is 2.41 bits per heavy atom. The van der Waals surface area contributed by atoms with Gasteiger partial charge in [0.15, 0.2) is 0 Å². The maximum atomic E-state index is 12.6. The van der Waals surface area contributed by atoms with E-state index in [2.05, 4.69) is 5.10 Å². The van der Waals surface area contributed by atoms with Crippen LogP contribution in [0.1, 0.15) is 37.7 Å². The summed E-state index contributed by atoms with van der Waals surface area (Å²) in [6.45, 7) is 0.607. The van der Waals surface area contributed by atoms with Gasteiger partial charge in [-0.05, 0) is 25.0 Å². The molecule has 2 aliphatic rings. The fourth-order valence-electron chi connectivity index (χ4n) is 4.38. The van der Waals surface area contributed by atoms with Crippen molar-refractivity contribution >= 4 is 17.7 Å². The van der Waals surface area contributed by atoms with Crippen molar-refractivity contribution in [2.24, 2.45) is 11.8 Å². The zero-order chi connectivity index (χ0) is 20.4. The molecule has 0 bridgehead atoms. The molecule has 1 saturated heterocycles. The van der Waals surface area contributed by atoms with E-state index in [-0.39, 0.29) is 42.5 Å². The first-order chi connectivity index (χ1) is 14.0. The molecule has 3 amide bonds. The summed E-state index contributed by atoms with van der Waals surface area (Å²) in [4.78, 5) is 40.6. The number of amides is 3. The van der Waals surface area contributed by atoms with Gasteiger partial charge in [-0.2, -0.15) is 5.10 Å². The second-order valence-electron chi connectivity index (χ2n) is 7.95. The molecule has 1 aromatic carbocycles. The number of likely N-dealkylation sites (tertiary alicyclic amines) is 1. The van der Waals surface area contributed by atoms with Gasteiger partial charge < -0.3 is 4.90 Å². The third kappa shape index (κ3) is 3.95. The number of aromatic nitrogens is 2. The van der Waals surface area contributed by atoms with Gasteiger partial charge >= 0.3 is 0 Å². The van der Waals surface area contributed by atoms with Crippen LogP contribution in [0.2, 0.25) is 0 Å². The van der Waals surface area contributed by atoms with Gasteiger partial charge in [-0.3, -0.25) is 19.3 Å². The fourth-order valence-corrected chi connectivity index (χ4v) is 4.38. The molecule has 4 rings (SSSR count). The average molecular weight is 394 g/mol. The smallest absolute Gasteiger partial charge is 0.233 e. The van der Waals surface area contributed by atoms with Crippen molar-refractivity contribution in [3.05, 3.63) is 48.3 Å². The second-order valence-corrected chi connectivity index (χ2v) is 7.95. The molecule has 2 aromatic rings. The predicted octanol–water partition coefficient (Wildman–Crippen LogP) is 2.40. The number of carbonyl (C=O) groups excluding carboxylic acids is 3. The zero-order valence-corrected chi connectivity index (χ0v) is 16.7. The van der Waals surface area contributed by atoms with Crippen molar-refractivity contribution in [1.82, 2.24) is 19.6 Å². The predicted molar refractivity (Wildman–Crippen MR) is 107 cm³/mol.